The van der Waals surface area contributed by atoms with Gasteiger partial charge in [-0.2, -0.15) is 11.8 Å². The van der Waals surface area contributed by atoms with E-state index >= 15 is 0 Å². The summed E-state index contributed by atoms with van der Waals surface area (Å²) in [5.74, 6) is 2.36. The van der Waals surface area contributed by atoms with E-state index in [1.807, 2.05) is 23.6 Å². The Morgan fingerprint density at radius 3 is 2.67 bits per heavy atom. The highest BCUT2D eigenvalue weighted by molar-refractivity contribution is 7.99. The number of carbonyl (C=O) groups excluding carboxylic acids is 1. The summed E-state index contributed by atoms with van der Waals surface area (Å²) in [6.45, 7) is 3.67. The van der Waals surface area contributed by atoms with Gasteiger partial charge in [0, 0.05) is 37.1 Å². The molecule has 12 heavy (non-hydrogen) atoms. The van der Waals surface area contributed by atoms with Gasteiger partial charge in [-0.3, -0.25) is 4.79 Å². The van der Waals surface area contributed by atoms with Crippen molar-refractivity contribution in [3.63, 3.8) is 0 Å². The zero-order valence-electron chi connectivity index (χ0n) is 7.45. The van der Waals surface area contributed by atoms with Crippen molar-refractivity contribution in [1.29, 1.82) is 0 Å². The highest BCUT2D eigenvalue weighted by Gasteiger charge is 2.16. The van der Waals surface area contributed by atoms with Gasteiger partial charge >= 0.3 is 0 Å². The highest BCUT2D eigenvalue weighted by atomic mass is 32.2. The predicted molar refractivity (Wildman–Crippen MR) is 52.2 cm³/mol. The average molecular weight is 188 g/mol. The van der Waals surface area contributed by atoms with Crippen molar-refractivity contribution in [1.82, 2.24) is 4.90 Å². The van der Waals surface area contributed by atoms with E-state index in [2.05, 4.69) is 0 Å². The van der Waals surface area contributed by atoms with Crippen molar-refractivity contribution in [3.05, 3.63) is 0 Å². The lowest BCUT2D eigenvalue weighted by atomic mass is 10.2. The molecule has 1 rings (SSSR count). The molecule has 1 amide bonds. The Kier molecular flexibility index (Phi) is 3.88. The fourth-order valence-corrected chi connectivity index (χ4v) is 2.12. The van der Waals surface area contributed by atoms with Gasteiger partial charge in [0.25, 0.3) is 0 Å². The summed E-state index contributed by atoms with van der Waals surface area (Å²) >= 11 is 1.91. The van der Waals surface area contributed by atoms with Crippen molar-refractivity contribution >= 4 is 17.7 Å². The lowest BCUT2D eigenvalue weighted by molar-refractivity contribution is -0.131. The molecule has 0 spiro atoms. The number of amides is 1. The Morgan fingerprint density at radius 1 is 1.58 bits per heavy atom. The molecule has 0 bridgehead atoms. The molecular formula is C8H16N2OS. The Balaban J connectivity index is 2.30. The Morgan fingerprint density at radius 2 is 2.17 bits per heavy atom. The van der Waals surface area contributed by atoms with Crippen LogP contribution in [0.3, 0.4) is 0 Å². The van der Waals surface area contributed by atoms with Crippen molar-refractivity contribution in [2.24, 2.45) is 5.73 Å². The summed E-state index contributed by atoms with van der Waals surface area (Å²) in [6.07, 6.45) is 0.491. The molecule has 0 aromatic heterocycles. The number of rotatable bonds is 2. The molecule has 1 aliphatic rings. The van der Waals surface area contributed by atoms with Crippen LogP contribution in [0.2, 0.25) is 0 Å². The lowest BCUT2D eigenvalue weighted by Crippen LogP contribution is -2.40. The molecular weight excluding hydrogens is 172 g/mol. The molecule has 4 heteroatoms. The molecule has 1 unspecified atom stereocenters. The van der Waals surface area contributed by atoms with Crippen LogP contribution in [-0.2, 0) is 4.79 Å². The third kappa shape index (κ3) is 3.03. The minimum atomic E-state index is -0.00733. The number of nitrogens with zero attached hydrogens (tertiary/aromatic N) is 1. The van der Waals surface area contributed by atoms with Crippen LogP contribution in [0.5, 0.6) is 0 Å². The second kappa shape index (κ2) is 4.72. The van der Waals surface area contributed by atoms with Gasteiger partial charge < -0.3 is 10.6 Å². The molecule has 0 radical (unpaired) electrons. The Bertz CT molecular complexity index is 155. The zero-order chi connectivity index (χ0) is 8.97. The Labute approximate surface area is 77.7 Å². The third-order valence-electron chi connectivity index (χ3n) is 1.86. The third-order valence-corrected chi connectivity index (χ3v) is 2.80. The minimum absolute atomic E-state index is 0.00733. The van der Waals surface area contributed by atoms with E-state index in [-0.39, 0.29) is 11.9 Å². The maximum Gasteiger partial charge on any atom is 0.224 e. The van der Waals surface area contributed by atoms with Crippen LogP contribution in [0, 0.1) is 0 Å². The first-order valence-corrected chi connectivity index (χ1v) is 5.46. The molecule has 1 aliphatic heterocycles. The van der Waals surface area contributed by atoms with Crippen molar-refractivity contribution in [2.75, 3.05) is 24.6 Å². The monoisotopic (exact) mass is 188 g/mol. The van der Waals surface area contributed by atoms with E-state index < -0.39 is 0 Å². The van der Waals surface area contributed by atoms with Crippen LogP contribution >= 0.6 is 11.8 Å². The minimum Gasteiger partial charge on any atom is -0.341 e. The van der Waals surface area contributed by atoms with E-state index in [0.717, 1.165) is 24.6 Å². The summed E-state index contributed by atoms with van der Waals surface area (Å²) in [4.78, 5) is 13.4. The van der Waals surface area contributed by atoms with Gasteiger partial charge in [-0.25, -0.2) is 0 Å². The number of hydrogen-bond acceptors (Lipinski definition) is 3. The van der Waals surface area contributed by atoms with Crippen molar-refractivity contribution in [2.45, 2.75) is 19.4 Å². The molecule has 1 fully saturated rings. The first-order chi connectivity index (χ1) is 5.70. The summed E-state index contributed by atoms with van der Waals surface area (Å²) in [6, 6.07) is -0.00733. The molecule has 0 aliphatic carbocycles. The van der Waals surface area contributed by atoms with Crippen LogP contribution in [-0.4, -0.2) is 41.4 Å². The van der Waals surface area contributed by atoms with Gasteiger partial charge in [0.2, 0.25) is 5.91 Å². The van der Waals surface area contributed by atoms with Crippen LogP contribution < -0.4 is 5.73 Å². The molecule has 1 atom stereocenters. The van der Waals surface area contributed by atoms with Gasteiger partial charge in [-0.05, 0) is 6.92 Å². The van der Waals surface area contributed by atoms with Crippen molar-refractivity contribution in [3.8, 4) is 0 Å². The second-order valence-electron chi connectivity index (χ2n) is 3.17. The SMILES string of the molecule is CC(N)CC(=O)N1CCSCC1. The maximum absolute atomic E-state index is 11.4. The maximum atomic E-state index is 11.4. The number of carbonyl (C=O) groups is 1. The van der Waals surface area contributed by atoms with Crippen LogP contribution in [0.15, 0.2) is 0 Å². The van der Waals surface area contributed by atoms with Gasteiger partial charge in [0.15, 0.2) is 0 Å². The molecule has 0 aromatic carbocycles. The van der Waals surface area contributed by atoms with E-state index in [0.29, 0.717) is 6.42 Å². The van der Waals surface area contributed by atoms with E-state index in [4.69, 9.17) is 5.73 Å². The molecule has 1 saturated heterocycles. The number of hydrogen-bond donors (Lipinski definition) is 1. The largest absolute Gasteiger partial charge is 0.341 e. The van der Waals surface area contributed by atoms with Crippen LogP contribution in [0.25, 0.3) is 0 Å². The van der Waals surface area contributed by atoms with Gasteiger partial charge in [-0.15, -0.1) is 0 Å². The van der Waals surface area contributed by atoms with Gasteiger partial charge in [0.05, 0.1) is 0 Å². The fraction of sp³-hybridized carbons (Fsp3) is 0.875. The van der Waals surface area contributed by atoms with E-state index in [1.165, 1.54) is 0 Å². The zero-order valence-corrected chi connectivity index (χ0v) is 8.27. The Hall–Kier alpha value is -0.220. The van der Waals surface area contributed by atoms with Crippen molar-refractivity contribution < 1.29 is 4.79 Å². The van der Waals surface area contributed by atoms with Gasteiger partial charge in [-0.1, -0.05) is 0 Å². The quantitative estimate of drug-likeness (QED) is 0.678. The molecule has 3 nitrogen and oxygen atoms in total. The smallest absolute Gasteiger partial charge is 0.224 e. The van der Waals surface area contributed by atoms with E-state index in [1.54, 1.807) is 0 Å². The average Bonchev–Trinajstić information content (AvgIpc) is 2.05. The lowest BCUT2D eigenvalue weighted by Gasteiger charge is -2.26. The van der Waals surface area contributed by atoms with Gasteiger partial charge in [0.1, 0.15) is 0 Å². The van der Waals surface area contributed by atoms with Crippen LogP contribution in [0.1, 0.15) is 13.3 Å². The first kappa shape index (κ1) is 9.86. The normalized spacial score (nSPS) is 20.7. The van der Waals surface area contributed by atoms with Crippen LogP contribution in [0.4, 0.5) is 0 Å². The summed E-state index contributed by atoms with van der Waals surface area (Å²) in [5.41, 5.74) is 5.55. The summed E-state index contributed by atoms with van der Waals surface area (Å²) < 4.78 is 0. The molecule has 0 aromatic rings. The highest BCUT2D eigenvalue weighted by Crippen LogP contribution is 2.10. The number of nitrogens with two attached hydrogens (primary N) is 1. The number of thioether (sulfide) groups is 1. The second-order valence-corrected chi connectivity index (χ2v) is 4.40. The predicted octanol–water partition coefficient (Wildman–Crippen LogP) is 0.299. The standard InChI is InChI=1S/C8H16N2OS/c1-7(9)6-8(11)10-2-4-12-5-3-10/h7H,2-6,9H2,1H3. The summed E-state index contributed by atoms with van der Waals surface area (Å²) in [5, 5.41) is 0. The topological polar surface area (TPSA) is 46.3 Å². The molecule has 2 N–H and O–H groups in total. The summed E-state index contributed by atoms with van der Waals surface area (Å²) in [7, 11) is 0. The van der Waals surface area contributed by atoms with E-state index in [9.17, 15) is 4.79 Å². The molecule has 1 heterocycles. The first-order valence-electron chi connectivity index (χ1n) is 4.31. The molecule has 70 valence electrons. The molecule has 0 saturated carbocycles. The fourth-order valence-electron chi connectivity index (χ4n) is 1.22.